The fourth-order valence-electron chi connectivity index (χ4n) is 0.709. The molecule has 104 valence electrons. The van der Waals surface area contributed by atoms with Gasteiger partial charge < -0.3 is 29.5 Å². The fraction of sp³-hybridized carbons (Fsp3) is 0.900. The number of hydrogen-bond acceptors (Lipinski definition) is 6. The number of rotatable bonds is 9. The van der Waals surface area contributed by atoms with Gasteiger partial charge in [-0.1, -0.05) is 0 Å². The van der Waals surface area contributed by atoms with Gasteiger partial charge in [0.25, 0.3) is 5.97 Å². The third-order valence-corrected chi connectivity index (χ3v) is 1.23. The van der Waals surface area contributed by atoms with E-state index >= 15 is 0 Å². The van der Waals surface area contributed by atoms with Crippen LogP contribution < -0.4 is 0 Å². The van der Waals surface area contributed by atoms with Crippen LogP contribution in [-0.2, 0) is 19.0 Å². The smallest absolute Gasteiger partial charge is 0.300 e. The summed E-state index contributed by atoms with van der Waals surface area (Å²) in [5.74, 6) is -0.833. The van der Waals surface area contributed by atoms with Crippen molar-refractivity contribution in [2.75, 3.05) is 39.6 Å². The maximum Gasteiger partial charge on any atom is 0.300 e. The first-order chi connectivity index (χ1) is 8.04. The highest BCUT2D eigenvalue weighted by molar-refractivity contribution is 5.62. The molecule has 0 rings (SSSR count). The largest absolute Gasteiger partial charge is 0.481 e. The molecule has 0 heterocycles. The second-order valence-electron chi connectivity index (χ2n) is 2.84. The molecular formula is C10H22O7. The number of aliphatic carboxylic acids is 1. The van der Waals surface area contributed by atoms with Crippen LogP contribution in [0.1, 0.15) is 13.8 Å². The Kier molecular flexibility index (Phi) is 16.7. The second kappa shape index (κ2) is 15.3. The van der Waals surface area contributed by atoms with Gasteiger partial charge in [-0.05, 0) is 6.92 Å². The Morgan fingerprint density at radius 3 is 2.24 bits per heavy atom. The normalized spacial score (nSPS) is 11.5. The van der Waals surface area contributed by atoms with Crippen molar-refractivity contribution in [2.24, 2.45) is 0 Å². The maximum absolute atomic E-state index is 9.02. The minimum Gasteiger partial charge on any atom is -0.481 e. The van der Waals surface area contributed by atoms with Crippen LogP contribution in [0.15, 0.2) is 0 Å². The summed E-state index contributed by atoms with van der Waals surface area (Å²) in [6.45, 7) is 4.64. The quantitative estimate of drug-likeness (QED) is 0.375. The zero-order valence-electron chi connectivity index (χ0n) is 10.3. The highest BCUT2D eigenvalue weighted by Gasteiger charge is 2.01. The number of carbonyl (C=O) groups is 1. The molecule has 0 aromatic heterocycles. The highest BCUT2D eigenvalue weighted by Crippen LogP contribution is 1.88. The molecule has 3 N–H and O–H groups in total. The minimum absolute atomic E-state index is 0.0154. The standard InChI is InChI=1S/C8H18O5.C2H4O2/c1-2-13-8(10)7-12-6-5-11-4-3-9;1-2(3)4/h8-10H,2-7H2,1H3;1H3,(H,3,4). The van der Waals surface area contributed by atoms with E-state index in [0.717, 1.165) is 6.92 Å². The van der Waals surface area contributed by atoms with Gasteiger partial charge in [0, 0.05) is 13.5 Å². The molecule has 0 aromatic rings. The van der Waals surface area contributed by atoms with Crippen molar-refractivity contribution in [3.63, 3.8) is 0 Å². The average Bonchev–Trinajstić information content (AvgIpc) is 2.23. The van der Waals surface area contributed by atoms with E-state index in [-0.39, 0.29) is 13.2 Å². The van der Waals surface area contributed by atoms with E-state index in [1.54, 1.807) is 6.92 Å². The number of carboxylic acids is 1. The van der Waals surface area contributed by atoms with Crippen LogP contribution in [0.5, 0.6) is 0 Å². The summed E-state index contributed by atoms with van der Waals surface area (Å²) in [5.41, 5.74) is 0. The number of aliphatic hydroxyl groups excluding tert-OH is 2. The Morgan fingerprint density at radius 2 is 1.76 bits per heavy atom. The van der Waals surface area contributed by atoms with E-state index in [2.05, 4.69) is 0 Å². The van der Waals surface area contributed by atoms with Crippen molar-refractivity contribution < 1.29 is 34.3 Å². The number of hydrogen-bond donors (Lipinski definition) is 3. The molecule has 0 radical (unpaired) electrons. The minimum atomic E-state index is -0.858. The summed E-state index contributed by atoms with van der Waals surface area (Å²) in [7, 11) is 0. The summed E-state index contributed by atoms with van der Waals surface area (Å²) in [4.78, 5) is 9.00. The number of carboxylic acid groups (broad SMARTS) is 1. The Bertz CT molecular complexity index is 159. The van der Waals surface area contributed by atoms with Gasteiger partial charge in [-0.3, -0.25) is 4.79 Å². The fourth-order valence-corrected chi connectivity index (χ4v) is 0.709. The highest BCUT2D eigenvalue weighted by atomic mass is 16.6. The van der Waals surface area contributed by atoms with Gasteiger partial charge in [-0.25, -0.2) is 0 Å². The zero-order valence-corrected chi connectivity index (χ0v) is 10.3. The first-order valence-electron chi connectivity index (χ1n) is 5.30. The third kappa shape index (κ3) is 25.5. The molecule has 7 nitrogen and oxygen atoms in total. The molecule has 1 unspecified atom stereocenters. The predicted molar refractivity (Wildman–Crippen MR) is 59.7 cm³/mol. The van der Waals surface area contributed by atoms with E-state index in [1.807, 2.05) is 0 Å². The lowest BCUT2D eigenvalue weighted by molar-refractivity contribution is -0.137. The molecule has 0 aliphatic rings. The first kappa shape index (κ1) is 18.6. The monoisotopic (exact) mass is 254 g/mol. The van der Waals surface area contributed by atoms with E-state index in [1.165, 1.54) is 0 Å². The molecule has 1 atom stereocenters. The molecule has 0 spiro atoms. The van der Waals surface area contributed by atoms with Gasteiger partial charge in [0.15, 0.2) is 6.29 Å². The van der Waals surface area contributed by atoms with Gasteiger partial charge in [-0.15, -0.1) is 0 Å². The lowest BCUT2D eigenvalue weighted by atomic mass is 10.6. The molecule has 0 saturated heterocycles. The van der Waals surface area contributed by atoms with Gasteiger partial charge in [0.05, 0.1) is 33.0 Å². The topological polar surface area (TPSA) is 105 Å². The second-order valence-corrected chi connectivity index (χ2v) is 2.84. The van der Waals surface area contributed by atoms with E-state index in [0.29, 0.717) is 26.4 Å². The van der Waals surface area contributed by atoms with Gasteiger partial charge in [0.1, 0.15) is 0 Å². The Morgan fingerprint density at radius 1 is 1.24 bits per heavy atom. The number of aliphatic hydroxyl groups is 2. The van der Waals surface area contributed by atoms with Crippen LogP contribution in [0.25, 0.3) is 0 Å². The summed E-state index contributed by atoms with van der Waals surface area (Å²) >= 11 is 0. The molecule has 7 heteroatoms. The molecule has 0 saturated carbocycles. The van der Waals surface area contributed by atoms with Gasteiger partial charge >= 0.3 is 0 Å². The first-order valence-corrected chi connectivity index (χ1v) is 5.30. The van der Waals surface area contributed by atoms with Crippen LogP contribution in [-0.4, -0.2) is 67.2 Å². The molecule has 0 amide bonds. The Balaban J connectivity index is 0. The maximum atomic E-state index is 9.02. The lowest BCUT2D eigenvalue weighted by Crippen LogP contribution is -2.20. The van der Waals surface area contributed by atoms with Crippen molar-refractivity contribution in [3.05, 3.63) is 0 Å². The van der Waals surface area contributed by atoms with Crippen molar-refractivity contribution >= 4 is 5.97 Å². The Hall–Kier alpha value is -0.730. The average molecular weight is 254 g/mol. The molecule has 0 aliphatic carbocycles. The molecule has 0 fully saturated rings. The van der Waals surface area contributed by atoms with Crippen LogP contribution in [0, 0.1) is 0 Å². The van der Waals surface area contributed by atoms with E-state index in [4.69, 9.17) is 34.3 Å². The van der Waals surface area contributed by atoms with E-state index in [9.17, 15) is 0 Å². The van der Waals surface area contributed by atoms with Gasteiger partial charge in [-0.2, -0.15) is 0 Å². The zero-order chi connectivity index (χ0) is 13.5. The van der Waals surface area contributed by atoms with Crippen molar-refractivity contribution in [1.29, 1.82) is 0 Å². The SMILES string of the molecule is CC(=O)O.CCOC(O)COCCOCCO. The Labute approximate surface area is 101 Å². The molecule has 0 bridgehead atoms. The number of ether oxygens (including phenoxy) is 3. The summed E-state index contributed by atoms with van der Waals surface area (Å²) in [5, 5.41) is 24.8. The predicted octanol–water partition coefficient (Wildman–Crippen LogP) is -0.542. The molecule has 0 aliphatic heterocycles. The summed E-state index contributed by atoms with van der Waals surface area (Å²) in [6, 6.07) is 0. The summed E-state index contributed by atoms with van der Waals surface area (Å²) in [6.07, 6.45) is -0.858. The molecule has 0 aromatic carbocycles. The third-order valence-electron chi connectivity index (χ3n) is 1.23. The van der Waals surface area contributed by atoms with E-state index < -0.39 is 12.3 Å². The summed E-state index contributed by atoms with van der Waals surface area (Å²) < 4.78 is 14.8. The van der Waals surface area contributed by atoms with Crippen molar-refractivity contribution in [2.45, 2.75) is 20.1 Å². The lowest BCUT2D eigenvalue weighted by Gasteiger charge is -2.10. The van der Waals surface area contributed by atoms with Crippen LogP contribution in [0.2, 0.25) is 0 Å². The molecular weight excluding hydrogens is 232 g/mol. The van der Waals surface area contributed by atoms with Crippen LogP contribution in [0.4, 0.5) is 0 Å². The molecule has 17 heavy (non-hydrogen) atoms. The van der Waals surface area contributed by atoms with Crippen molar-refractivity contribution in [3.8, 4) is 0 Å². The van der Waals surface area contributed by atoms with Crippen LogP contribution in [0.3, 0.4) is 0 Å². The van der Waals surface area contributed by atoms with Crippen molar-refractivity contribution in [1.82, 2.24) is 0 Å². The van der Waals surface area contributed by atoms with Crippen LogP contribution >= 0.6 is 0 Å². The van der Waals surface area contributed by atoms with Gasteiger partial charge in [0.2, 0.25) is 0 Å².